The monoisotopic (exact) mass is 268 g/mol. The molecular formula is C10H6BrFN2O. The van der Waals surface area contributed by atoms with Crippen LogP contribution in [0, 0.1) is 5.82 Å². The summed E-state index contributed by atoms with van der Waals surface area (Å²) in [4.78, 5) is 7.61. The highest BCUT2D eigenvalue weighted by Crippen LogP contribution is 2.24. The molecular weight excluding hydrogens is 263 g/mol. The third kappa shape index (κ3) is 2.73. The Morgan fingerprint density at radius 3 is 2.80 bits per heavy atom. The fourth-order valence-corrected chi connectivity index (χ4v) is 1.49. The fraction of sp³-hybridized carbons (Fsp3) is 0. The Labute approximate surface area is 94.1 Å². The second kappa shape index (κ2) is 4.35. The molecule has 15 heavy (non-hydrogen) atoms. The first-order valence-corrected chi connectivity index (χ1v) is 4.93. The van der Waals surface area contributed by atoms with Gasteiger partial charge >= 0.3 is 0 Å². The van der Waals surface area contributed by atoms with E-state index in [1.807, 2.05) is 0 Å². The summed E-state index contributed by atoms with van der Waals surface area (Å²) in [5, 5.41) is 0. The maximum absolute atomic E-state index is 13.0. The lowest BCUT2D eigenvalue weighted by atomic mass is 10.3. The SMILES string of the molecule is Fc1cc(Br)cc(Oc2ccncn2)c1. The molecule has 0 unspecified atom stereocenters. The molecule has 3 nitrogen and oxygen atoms in total. The van der Waals surface area contributed by atoms with E-state index in [1.165, 1.54) is 18.5 Å². The van der Waals surface area contributed by atoms with Crippen molar-refractivity contribution in [3.05, 3.63) is 47.1 Å². The quantitative estimate of drug-likeness (QED) is 0.839. The van der Waals surface area contributed by atoms with Crippen LogP contribution in [0.2, 0.25) is 0 Å². The van der Waals surface area contributed by atoms with Crippen LogP contribution in [0.4, 0.5) is 4.39 Å². The summed E-state index contributed by atoms with van der Waals surface area (Å²) in [6.07, 6.45) is 2.92. The van der Waals surface area contributed by atoms with Gasteiger partial charge in [-0.25, -0.2) is 14.4 Å². The maximum Gasteiger partial charge on any atom is 0.222 e. The first-order chi connectivity index (χ1) is 7.24. The van der Waals surface area contributed by atoms with Crippen LogP contribution in [0.3, 0.4) is 0 Å². The summed E-state index contributed by atoms with van der Waals surface area (Å²) in [6, 6.07) is 5.89. The van der Waals surface area contributed by atoms with Crippen LogP contribution in [0.15, 0.2) is 41.3 Å². The summed E-state index contributed by atoms with van der Waals surface area (Å²) in [5.74, 6) is 0.400. The third-order valence-electron chi connectivity index (χ3n) is 1.61. The Kier molecular flexibility index (Phi) is 2.91. The molecule has 1 aromatic carbocycles. The maximum atomic E-state index is 13.0. The van der Waals surface area contributed by atoms with Crippen LogP contribution in [0.5, 0.6) is 11.6 Å². The molecule has 0 bridgehead atoms. The zero-order valence-corrected chi connectivity index (χ0v) is 9.11. The number of aromatic nitrogens is 2. The molecule has 2 aromatic rings. The lowest BCUT2D eigenvalue weighted by molar-refractivity contribution is 0.456. The van der Waals surface area contributed by atoms with E-state index in [1.54, 1.807) is 18.3 Å². The minimum absolute atomic E-state index is 0.367. The second-order valence-corrected chi connectivity index (χ2v) is 3.67. The van der Waals surface area contributed by atoms with Gasteiger partial charge in [-0.3, -0.25) is 0 Å². The van der Waals surface area contributed by atoms with Crippen LogP contribution < -0.4 is 4.74 Å². The van der Waals surface area contributed by atoms with Gasteiger partial charge in [0.2, 0.25) is 5.88 Å². The molecule has 76 valence electrons. The Balaban J connectivity index is 2.25. The lowest BCUT2D eigenvalue weighted by Crippen LogP contribution is -1.88. The van der Waals surface area contributed by atoms with Gasteiger partial charge < -0.3 is 4.74 Å². The number of rotatable bonds is 2. The zero-order valence-electron chi connectivity index (χ0n) is 7.52. The molecule has 0 atom stereocenters. The number of benzene rings is 1. The molecule has 0 spiro atoms. The standard InChI is InChI=1S/C10H6BrFN2O/c11-7-3-8(12)5-9(4-7)15-10-1-2-13-6-14-10/h1-6H. The molecule has 1 heterocycles. The van der Waals surface area contributed by atoms with E-state index < -0.39 is 0 Å². The van der Waals surface area contributed by atoms with E-state index in [-0.39, 0.29) is 5.82 Å². The Morgan fingerprint density at radius 2 is 2.13 bits per heavy atom. The van der Waals surface area contributed by atoms with Gasteiger partial charge in [0.1, 0.15) is 17.9 Å². The molecule has 1 aromatic heterocycles. The summed E-state index contributed by atoms with van der Waals surface area (Å²) in [5.41, 5.74) is 0. The molecule has 0 saturated heterocycles. The van der Waals surface area contributed by atoms with E-state index in [4.69, 9.17) is 4.74 Å². The van der Waals surface area contributed by atoms with E-state index in [0.29, 0.717) is 16.1 Å². The lowest BCUT2D eigenvalue weighted by Gasteiger charge is -2.04. The number of nitrogens with zero attached hydrogens (tertiary/aromatic N) is 2. The Morgan fingerprint density at radius 1 is 1.27 bits per heavy atom. The Hall–Kier alpha value is -1.49. The van der Waals surface area contributed by atoms with Crippen LogP contribution in [-0.2, 0) is 0 Å². The van der Waals surface area contributed by atoms with Gasteiger partial charge in [0.25, 0.3) is 0 Å². The van der Waals surface area contributed by atoms with Crippen molar-refractivity contribution in [1.82, 2.24) is 9.97 Å². The Bertz CT molecular complexity index is 444. The van der Waals surface area contributed by atoms with Gasteiger partial charge in [-0.05, 0) is 12.1 Å². The summed E-state index contributed by atoms with van der Waals surface area (Å²) in [7, 11) is 0. The van der Waals surface area contributed by atoms with Gasteiger partial charge in [0, 0.05) is 22.8 Å². The molecule has 0 N–H and O–H groups in total. The van der Waals surface area contributed by atoms with Gasteiger partial charge in [-0.15, -0.1) is 0 Å². The highest BCUT2D eigenvalue weighted by Gasteiger charge is 2.01. The third-order valence-corrected chi connectivity index (χ3v) is 2.07. The average molecular weight is 269 g/mol. The minimum Gasteiger partial charge on any atom is -0.439 e. The van der Waals surface area contributed by atoms with Crippen molar-refractivity contribution in [2.24, 2.45) is 0 Å². The smallest absolute Gasteiger partial charge is 0.222 e. The number of hydrogen-bond donors (Lipinski definition) is 0. The van der Waals surface area contributed by atoms with Crippen molar-refractivity contribution < 1.29 is 9.13 Å². The molecule has 2 rings (SSSR count). The van der Waals surface area contributed by atoms with Gasteiger partial charge in [0.05, 0.1) is 0 Å². The van der Waals surface area contributed by atoms with Gasteiger partial charge in [0.15, 0.2) is 0 Å². The minimum atomic E-state index is -0.367. The first kappa shape index (κ1) is 10.0. The topological polar surface area (TPSA) is 35.0 Å². The van der Waals surface area contributed by atoms with Gasteiger partial charge in [-0.2, -0.15) is 0 Å². The zero-order chi connectivity index (χ0) is 10.7. The molecule has 0 amide bonds. The largest absolute Gasteiger partial charge is 0.439 e. The molecule has 0 saturated carbocycles. The van der Waals surface area contributed by atoms with Crippen LogP contribution >= 0.6 is 15.9 Å². The van der Waals surface area contributed by atoms with E-state index in [0.717, 1.165) is 0 Å². The van der Waals surface area contributed by atoms with Crippen molar-refractivity contribution in [2.45, 2.75) is 0 Å². The predicted molar refractivity (Wildman–Crippen MR) is 56.2 cm³/mol. The van der Waals surface area contributed by atoms with Gasteiger partial charge in [-0.1, -0.05) is 15.9 Å². The van der Waals surface area contributed by atoms with Crippen molar-refractivity contribution >= 4 is 15.9 Å². The molecule has 0 radical (unpaired) electrons. The highest BCUT2D eigenvalue weighted by molar-refractivity contribution is 9.10. The van der Waals surface area contributed by atoms with E-state index >= 15 is 0 Å². The number of ether oxygens (including phenoxy) is 1. The molecule has 0 aliphatic carbocycles. The van der Waals surface area contributed by atoms with E-state index in [9.17, 15) is 4.39 Å². The van der Waals surface area contributed by atoms with Crippen LogP contribution in [0.1, 0.15) is 0 Å². The second-order valence-electron chi connectivity index (χ2n) is 2.75. The summed E-state index contributed by atoms with van der Waals surface area (Å²) >= 11 is 3.17. The summed E-state index contributed by atoms with van der Waals surface area (Å²) in [6.45, 7) is 0. The average Bonchev–Trinajstić information content (AvgIpc) is 2.17. The molecule has 0 fully saturated rings. The van der Waals surface area contributed by atoms with Crippen molar-refractivity contribution in [2.75, 3.05) is 0 Å². The number of hydrogen-bond acceptors (Lipinski definition) is 3. The van der Waals surface area contributed by atoms with Crippen molar-refractivity contribution in [3.8, 4) is 11.6 Å². The normalized spacial score (nSPS) is 10.0. The predicted octanol–water partition coefficient (Wildman–Crippen LogP) is 3.17. The first-order valence-electron chi connectivity index (χ1n) is 4.14. The van der Waals surface area contributed by atoms with Crippen molar-refractivity contribution in [3.63, 3.8) is 0 Å². The van der Waals surface area contributed by atoms with Crippen LogP contribution in [0.25, 0.3) is 0 Å². The molecule has 0 aliphatic heterocycles. The highest BCUT2D eigenvalue weighted by atomic mass is 79.9. The number of halogens is 2. The summed E-state index contributed by atoms with van der Waals surface area (Å²) < 4.78 is 18.9. The fourth-order valence-electron chi connectivity index (χ4n) is 1.05. The molecule has 0 aliphatic rings. The van der Waals surface area contributed by atoms with Crippen LogP contribution in [-0.4, -0.2) is 9.97 Å². The van der Waals surface area contributed by atoms with E-state index in [2.05, 4.69) is 25.9 Å². The van der Waals surface area contributed by atoms with Crippen molar-refractivity contribution in [1.29, 1.82) is 0 Å². The molecule has 5 heteroatoms.